The minimum atomic E-state index is -0.405. The molecule has 0 aromatic carbocycles. The molecule has 0 aromatic heterocycles. The second kappa shape index (κ2) is 3.35. The smallest absolute Gasteiger partial charge is 0.325 e. The molecule has 1 aliphatic heterocycles. The van der Waals surface area contributed by atoms with E-state index >= 15 is 0 Å². The molecule has 1 amide bonds. The van der Waals surface area contributed by atoms with E-state index in [1.165, 1.54) is 0 Å². The summed E-state index contributed by atoms with van der Waals surface area (Å²) >= 11 is 0. The van der Waals surface area contributed by atoms with E-state index in [9.17, 15) is 4.79 Å². The lowest BCUT2D eigenvalue weighted by Gasteiger charge is -2.30. The van der Waals surface area contributed by atoms with Gasteiger partial charge in [-0.05, 0) is 7.05 Å². The topological polar surface area (TPSA) is 47.3 Å². The SMILES string of the molecule is CN1CCN(C(=O)C#N)CC1. The first-order valence-corrected chi connectivity index (χ1v) is 3.61. The van der Waals surface area contributed by atoms with Crippen LogP contribution in [0.25, 0.3) is 0 Å². The van der Waals surface area contributed by atoms with Crippen LogP contribution >= 0.6 is 0 Å². The standard InChI is InChI=1S/C7H11N3O/c1-9-2-4-10(5-3-9)7(11)6-8/h2-5H2,1H3. The molecule has 0 aliphatic carbocycles. The third-order valence-corrected chi connectivity index (χ3v) is 1.89. The van der Waals surface area contributed by atoms with Crippen LogP contribution in [-0.2, 0) is 4.79 Å². The van der Waals surface area contributed by atoms with Crippen molar-refractivity contribution >= 4 is 5.91 Å². The number of likely N-dealkylation sites (N-methyl/N-ethyl adjacent to an activating group) is 1. The summed E-state index contributed by atoms with van der Waals surface area (Å²) in [5.41, 5.74) is 0. The molecule has 0 radical (unpaired) electrons. The van der Waals surface area contributed by atoms with Crippen molar-refractivity contribution in [1.29, 1.82) is 5.26 Å². The third kappa shape index (κ3) is 1.92. The summed E-state index contributed by atoms with van der Waals surface area (Å²) in [6.45, 7) is 3.10. The number of amides is 1. The summed E-state index contributed by atoms with van der Waals surface area (Å²) in [7, 11) is 2.01. The van der Waals surface area contributed by atoms with E-state index in [0.717, 1.165) is 13.1 Å². The zero-order valence-electron chi connectivity index (χ0n) is 6.58. The lowest BCUT2D eigenvalue weighted by molar-refractivity contribution is -0.126. The van der Waals surface area contributed by atoms with Gasteiger partial charge in [0.25, 0.3) is 0 Å². The highest BCUT2D eigenvalue weighted by Crippen LogP contribution is 1.98. The van der Waals surface area contributed by atoms with Crippen LogP contribution < -0.4 is 0 Å². The summed E-state index contributed by atoms with van der Waals surface area (Å²) in [5.74, 6) is -0.405. The quantitative estimate of drug-likeness (QED) is 0.432. The average Bonchev–Trinajstić information content (AvgIpc) is 2.05. The Hall–Kier alpha value is -1.08. The minimum absolute atomic E-state index is 0.405. The van der Waals surface area contributed by atoms with Crippen molar-refractivity contribution in [1.82, 2.24) is 9.80 Å². The Balaban J connectivity index is 2.40. The molecule has 1 saturated heterocycles. The molecule has 1 heterocycles. The Morgan fingerprint density at radius 1 is 1.36 bits per heavy atom. The molecule has 0 bridgehead atoms. The number of nitrogens with zero attached hydrogens (tertiary/aromatic N) is 3. The number of carbonyl (C=O) groups excluding carboxylic acids is 1. The predicted molar refractivity (Wildman–Crippen MR) is 39.7 cm³/mol. The van der Waals surface area contributed by atoms with Crippen molar-refractivity contribution < 1.29 is 4.79 Å². The molecule has 60 valence electrons. The van der Waals surface area contributed by atoms with Crippen LogP contribution in [0.5, 0.6) is 0 Å². The van der Waals surface area contributed by atoms with E-state index in [0.29, 0.717) is 13.1 Å². The van der Waals surface area contributed by atoms with Gasteiger partial charge < -0.3 is 9.80 Å². The molecular weight excluding hydrogens is 142 g/mol. The summed E-state index contributed by atoms with van der Waals surface area (Å²) in [4.78, 5) is 14.5. The van der Waals surface area contributed by atoms with Gasteiger partial charge in [0.15, 0.2) is 6.07 Å². The van der Waals surface area contributed by atoms with Crippen LogP contribution in [0.4, 0.5) is 0 Å². The fourth-order valence-corrected chi connectivity index (χ4v) is 1.08. The highest BCUT2D eigenvalue weighted by Gasteiger charge is 2.17. The molecule has 1 rings (SSSR count). The van der Waals surface area contributed by atoms with Gasteiger partial charge in [-0.25, -0.2) is 0 Å². The van der Waals surface area contributed by atoms with Crippen molar-refractivity contribution in [2.24, 2.45) is 0 Å². The number of piperazine rings is 1. The van der Waals surface area contributed by atoms with Gasteiger partial charge in [-0.3, -0.25) is 4.79 Å². The van der Waals surface area contributed by atoms with E-state index in [2.05, 4.69) is 4.90 Å². The van der Waals surface area contributed by atoms with Gasteiger partial charge in [0.2, 0.25) is 0 Å². The maximum absolute atomic E-state index is 10.8. The first-order valence-electron chi connectivity index (χ1n) is 3.61. The van der Waals surface area contributed by atoms with Crippen molar-refractivity contribution in [2.45, 2.75) is 0 Å². The van der Waals surface area contributed by atoms with Gasteiger partial charge >= 0.3 is 5.91 Å². The molecule has 0 unspecified atom stereocenters. The van der Waals surface area contributed by atoms with Gasteiger partial charge in [0.1, 0.15) is 0 Å². The summed E-state index contributed by atoms with van der Waals surface area (Å²) in [5, 5.41) is 8.30. The van der Waals surface area contributed by atoms with Crippen LogP contribution in [-0.4, -0.2) is 48.9 Å². The summed E-state index contributed by atoms with van der Waals surface area (Å²) < 4.78 is 0. The van der Waals surface area contributed by atoms with E-state index in [4.69, 9.17) is 5.26 Å². The van der Waals surface area contributed by atoms with Crippen LogP contribution in [0, 0.1) is 11.3 Å². The van der Waals surface area contributed by atoms with Gasteiger partial charge in [0, 0.05) is 26.2 Å². The van der Waals surface area contributed by atoms with Crippen LogP contribution in [0.3, 0.4) is 0 Å². The molecule has 0 saturated carbocycles. The van der Waals surface area contributed by atoms with Crippen molar-refractivity contribution in [3.63, 3.8) is 0 Å². The maximum Gasteiger partial charge on any atom is 0.325 e. The maximum atomic E-state index is 10.8. The first-order chi connectivity index (χ1) is 5.24. The van der Waals surface area contributed by atoms with E-state index in [-0.39, 0.29) is 0 Å². The van der Waals surface area contributed by atoms with Gasteiger partial charge in [-0.1, -0.05) is 0 Å². The Labute approximate surface area is 66.0 Å². The number of carbonyl (C=O) groups is 1. The molecule has 1 fully saturated rings. The molecule has 11 heavy (non-hydrogen) atoms. The van der Waals surface area contributed by atoms with E-state index < -0.39 is 5.91 Å². The second-order valence-electron chi connectivity index (χ2n) is 2.71. The van der Waals surface area contributed by atoms with E-state index in [1.807, 2.05) is 7.05 Å². The summed E-state index contributed by atoms with van der Waals surface area (Å²) in [6, 6.07) is 1.62. The molecule has 0 atom stereocenters. The fourth-order valence-electron chi connectivity index (χ4n) is 1.08. The molecule has 1 aliphatic rings. The molecule has 0 N–H and O–H groups in total. The predicted octanol–water partition coefficient (Wildman–Crippen LogP) is -0.716. The Morgan fingerprint density at radius 2 is 1.91 bits per heavy atom. The number of nitriles is 1. The first kappa shape index (κ1) is 8.02. The minimum Gasteiger partial charge on any atom is -0.328 e. The zero-order valence-corrected chi connectivity index (χ0v) is 6.58. The number of rotatable bonds is 0. The highest BCUT2D eigenvalue weighted by atomic mass is 16.2. The molecule has 0 spiro atoms. The Bertz CT molecular complexity index is 188. The lowest BCUT2D eigenvalue weighted by Crippen LogP contribution is -2.46. The lowest BCUT2D eigenvalue weighted by atomic mass is 10.3. The third-order valence-electron chi connectivity index (χ3n) is 1.89. The van der Waals surface area contributed by atoms with Crippen molar-refractivity contribution in [3.05, 3.63) is 0 Å². The van der Waals surface area contributed by atoms with Gasteiger partial charge in [-0.2, -0.15) is 5.26 Å². The van der Waals surface area contributed by atoms with Crippen LogP contribution in [0.1, 0.15) is 0 Å². The van der Waals surface area contributed by atoms with Crippen LogP contribution in [0.2, 0.25) is 0 Å². The Kier molecular flexibility index (Phi) is 2.44. The fraction of sp³-hybridized carbons (Fsp3) is 0.714. The molecule has 0 aromatic rings. The number of hydrogen-bond donors (Lipinski definition) is 0. The molecule has 4 nitrogen and oxygen atoms in total. The normalized spacial score (nSPS) is 19.5. The highest BCUT2D eigenvalue weighted by molar-refractivity contribution is 5.91. The van der Waals surface area contributed by atoms with Gasteiger partial charge in [-0.15, -0.1) is 0 Å². The molecule has 4 heteroatoms. The largest absolute Gasteiger partial charge is 0.328 e. The monoisotopic (exact) mass is 153 g/mol. The van der Waals surface area contributed by atoms with Crippen molar-refractivity contribution in [3.8, 4) is 6.07 Å². The van der Waals surface area contributed by atoms with Crippen molar-refractivity contribution in [2.75, 3.05) is 33.2 Å². The second-order valence-corrected chi connectivity index (χ2v) is 2.71. The number of hydrogen-bond acceptors (Lipinski definition) is 3. The Morgan fingerprint density at radius 3 is 2.36 bits per heavy atom. The van der Waals surface area contributed by atoms with Crippen LogP contribution in [0.15, 0.2) is 0 Å². The van der Waals surface area contributed by atoms with E-state index in [1.54, 1.807) is 11.0 Å². The zero-order chi connectivity index (χ0) is 8.27. The summed E-state index contributed by atoms with van der Waals surface area (Å²) in [6.07, 6.45) is 0. The molecular formula is C7H11N3O. The average molecular weight is 153 g/mol. The van der Waals surface area contributed by atoms with Gasteiger partial charge in [0.05, 0.1) is 0 Å².